The Balaban J connectivity index is 1.99. The number of benzene rings is 1. The van der Waals surface area contributed by atoms with E-state index in [-0.39, 0.29) is 23.4 Å². The molecule has 1 aliphatic rings. The monoisotopic (exact) mass is 457 g/mol. The second-order valence-electron chi connectivity index (χ2n) is 6.41. The molecule has 0 aliphatic heterocycles. The first-order valence-electron chi connectivity index (χ1n) is 8.60. The second-order valence-corrected chi connectivity index (χ2v) is 7.32. The summed E-state index contributed by atoms with van der Waals surface area (Å²) < 4.78 is 29.2. The van der Waals surface area contributed by atoms with Crippen LogP contribution < -0.4 is 16.4 Å². The van der Waals surface area contributed by atoms with Crippen LogP contribution in [0.5, 0.6) is 0 Å². The number of hydrogen-bond acceptors (Lipinski definition) is 5. The van der Waals surface area contributed by atoms with Crippen molar-refractivity contribution in [3.63, 3.8) is 0 Å². The Kier molecular flexibility index (Phi) is 6.42. The molecule has 0 atom stereocenters. The number of carbonyl (C=O) groups is 1. The lowest BCUT2D eigenvalue weighted by atomic mass is 10.1. The molecule has 10 heteroatoms. The first-order valence-corrected chi connectivity index (χ1v) is 9.39. The Morgan fingerprint density at radius 3 is 2.75 bits per heavy atom. The van der Waals surface area contributed by atoms with Gasteiger partial charge in [-0.3, -0.25) is 14.4 Å². The zero-order chi connectivity index (χ0) is 20.3. The van der Waals surface area contributed by atoms with Crippen LogP contribution in [-0.2, 0) is 11.3 Å². The van der Waals surface area contributed by atoms with E-state index in [1.165, 1.54) is 12.1 Å². The van der Waals surface area contributed by atoms with E-state index in [2.05, 4.69) is 31.7 Å². The zero-order valence-corrected chi connectivity index (χ0v) is 16.2. The molecule has 0 saturated heterocycles. The highest BCUT2D eigenvalue weighted by Crippen LogP contribution is 2.29. The molecule has 1 heterocycles. The average Bonchev–Trinajstić information content (AvgIpc) is 3.46. The number of H-pyrrole nitrogens is 1. The summed E-state index contributed by atoms with van der Waals surface area (Å²) in [6.45, 7) is -0.0755. The van der Waals surface area contributed by atoms with Crippen molar-refractivity contribution in [1.82, 2.24) is 10.5 Å². The van der Waals surface area contributed by atoms with Crippen molar-refractivity contribution < 1.29 is 23.5 Å². The van der Waals surface area contributed by atoms with Gasteiger partial charge in [0, 0.05) is 23.2 Å². The number of amides is 1. The van der Waals surface area contributed by atoms with Crippen LogP contribution >= 0.6 is 15.9 Å². The highest BCUT2D eigenvalue weighted by molar-refractivity contribution is 9.10. The van der Waals surface area contributed by atoms with E-state index in [0.717, 1.165) is 18.9 Å². The third kappa shape index (κ3) is 4.75. The summed E-state index contributed by atoms with van der Waals surface area (Å²) in [4.78, 5) is 31.9. The van der Waals surface area contributed by atoms with Crippen LogP contribution in [0.3, 0.4) is 0 Å². The maximum absolute atomic E-state index is 14.6. The van der Waals surface area contributed by atoms with Gasteiger partial charge in [0.15, 0.2) is 0 Å². The van der Waals surface area contributed by atoms with Gasteiger partial charge in [-0.15, -0.1) is 0 Å². The molecule has 1 aliphatic carbocycles. The topological polar surface area (TPSA) is 103 Å². The molecule has 0 bridgehead atoms. The quantitative estimate of drug-likeness (QED) is 0.456. The van der Waals surface area contributed by atoms with E-state index in [4.69, 9.17) is 4.84 Å². The number of rotatable bonds is 8. The number of nitrogens with one attached hydrogen (secondary N) is 3. The highest BCUT2D eigenvalue weighted by Gasteiger charge is 2.26. The molecule has 0 unspecified atom stereocenters. The standard InChI is InChI=1S/C18H18BrF2N3O4/c19-10-3-4-12(11(20)7-10)22-16-14(17(26)24-28-8-9-1-2-9)13(5-6-25)23-18(27)15(16)21/h3-4,7,9,25H,1-2,5-6,8H2,(H,24,26)(H2,22,23,27). The molecular formula is C18H18BrF2N3O4. The first kappa shape index (κ1) is 20.4. The molecule has 1 fully saturated rings. The predicted molar refractivity (Wildman–Crippen MR) is 101 cm³/mol. The number of aliphatic hydroxyl groups excluding tert-OH is 1. The van der Waals surface area contributed by atoms with Crippen molar-refractivity contribution in [3.05, 3.63) is 55.9 Å². The number of aromatic amines is 1. The maximum Gasteiger partial charge on any atom is 0.286 e. The van der Waals surface area contributed by atoms with Crippen LogP contribution in [0.2, 0.25) is 0 Å². The van der Waals surface area contributed by atoms with Gasteiger partial charge in [0.05, 0.1) is 23.5 Å². The number of anilines is 2. The minimum Gasteiger partial charge on any atom is -0.396 e. The molecule has 28 heavy (non-hydrogen) atoms. The molecule has 4 N–H and O–H groups in total. The van der Waals surface area contributed by atoms with Gasteiger partial charge in [0.2, 0.25) is 5.82 Å². The Bertz CT molecular complexity index is 947. The largest absolute Gasteiger partial charge is 0.396 e. The SMILES string of the molecule is O=C(NOCC1CC1)c1c(CCO)[nH]c(=O)c(F)c1Nc1ccc(Br)cc1F. The van der Waals surface area contributed by atoms with Crippen LogP contribution in [0, 0.1) is 17.6 Å². The lowest BCUT2D eigenvalue weighted by molar-refractivity contribution is 0.0269. The number of aliphatic hydroxyl groups is 1. The van der Waals surface area contributed by atoms with Crippen LogP contribution in [-0.4, -0.2) is 29.2 Å². The van der Waals surface area contributed by atoms with Crippen molar-refractivity contribution in [2.75, 3.05) is 18.5 Å². The maximum atomic E-state index is 14.6. The van der Waals surface area contributed by atoms with Crippen molar-refractivity contribution >= 4 is 33.2 Å². The highest BCUT2D eigenvalue weighted by atomic mass is 79.9. The van der Waals surface area contributed by atoms with E-state index >= 15 is 0 Å². The van der Waals surface area contributed by atoms with Gasteiger partial charge in [0.25, 0.3) is 11.5 Å². The Hall–Kier alpha value is -2.30. The van der Waals surface area contributed by atoms with E-state index in [9.17, 15) is 23.5 Å². The number of hydroxylamine groups is 1. The van der Waals surface area contributed by atoms with Crippen LogP contribution in [0.4, 0.5) is 20.2 Å². The fraction of sp³-hybridized carbons (Fsp3) is 0.333. The number of carbonyl (C=O) groups excluding carboxylic acids is 1. The van der Waals surface area contributed by atoms with Crippen molar-refractivity contribution in [1.29, 1.82) is 0 Å². The van der Waals surface area contributed by atoms with Crippen LogP contribution in [0.25, 0.3) is 0 Å². The average molecular weight is 458 g/mol. The smallest absolute Gasteiger partial charge is 0.286 e. The molecule has 7 nitrogen and oxygen atoms in total. The molecule has 150 valence electrons. The fourth-order valence-electron chi connectivity index (χ4n) is 2.58. The van der Waals surface area contributed by atoms with Gasteiger partial charge in [0.1, 0.15) is 5.82 Å². The predicted octanol–water partition coefficient (Wildman–Crippen LogP) is 2.77. The molecule has 3 rings (SSSR count). The zero-order valence-electron chi connectivity index (χ0n) is 14.7. The number of aromatic nitrogens is 1. The molecule has 2 aromatic rings. The number of pyridine rings is 1. The molecule has 0 spiro atoms. The lowest BCUT2D eigenvalue weighted by Gasteiger charge is -2.16. The Morgan fingerprint density at radius 2 is 2.11 bits per heavy atom. The number of hydrogen-bond donors (Lipinski definition) is 4. The van der Waals surface area contributed by atoms with E-state index in [1.54, 1.807) is 0 Å². The van der Waals surface area contributed by atoms with Gasteiger partial charge in [-0.1, -0.05) is 15.9 Å². The summed E-state index contributed by atoms with van der Waals surface area (Å²) in [5.41, 5.74) is 0.216. The molecule has 1 amide bonds. The van der Waals surface area contributed by atoms with Gasteiger partial charge in [-0.2, -0.15) is 4.39 Å². The molecule has 1 saturated carbocycles. The normalized spacial score (nSPS) is 13.4. The van der Waals surface area contributed by atoms with Crippen molar-refractivity contribution in [3.8, 4) is 0 Å². The van der Waals surface area contributed by atoms with Gasteiger partial charge < -0.3 is 15.4 Å². The van der Waals surface area contributed by atoms with E-state index < -0.39 is 35.4 Å². The van der Waals surface area contributed by atoms with Crippen molar-refractivity contribution in [2.24, 2.45) is 5.92 Å². The molecule has 1 aromatic heterocycles. The van der Waals surface area contributed by atoms with Gasteiger partial charge in [-0.05, 0) is 37.0 Å². The van der Waals surface area contributed by atoms with Gasteiger partial charge in [-0.25, -0.2) is 9.87 Å². The summed E-state index contributed by atoms with van der Waals surface area (Å²) in [6, 6.07) is 4.00. The van der Waals surface area contributed by atoms with Crippen LogP contribution in [0.1, 0.15) is 28.9 Å². The van der Waals surface area contributed by atoms with Crippen LogP contribution in [0.15, 0.2) is 27.5 Å². The number of halogens is 3. The Morgan fingerprint density at radius 1 is 1.36 bits per heavy atom. The summed E-state index contributed by atoms with van der Waals surface area (Å²) in [7, 11) is 0. The molecular weight excluding hydrogens is 440 g/mol. The molecule has 1 aromatic carbocycles. The van der Waals surface area contributed by atoms with E-state index in [0.29, 0.717) is 17.0 Å². The third-order valence-corrected chi connectivity index (χ3v) is 4.69. The summed E-state index contributed by atoms with van der Waals surface area (Å²) in [6.07, 6.45) is 1.90. The summed E-state index contributed by atoms with van der Waals surface area (Å²) in [5, 5.41) is 11.7. The van der Waals surface area contributed by atoms with E-state index in [1.807, 2.05) is 0 Å². The summed E-state index contributed by atoms with van der Waals surface area (Å²) >= 11 is 3.12. The second kappa shape index (κ2) is 8.80. The Labute approximate surface area is 167 Å². The minimum atomic E-state index is -1.28. The first-order chi connectivity index (χ1) is 13.4. The minimum absolute atomic E-state index is 0.00133. The lowest BCUT2D eigenvalue weighted by Crippen LogP contribution is -2.30. The van der Waals surface area contributed by atoms with Crippen molar-refractivity contribution in [2.45, 2.75) is 19.3 Å². The third-order valence-electron chi connectivity index (χ3n) is 4.20. The fourth-order valence-corrected chi connectivity index (χ4v) is 2.92. The molecule has 0 radical (unpaired) electrons. The van der Waals surface area contributed by atoms with Gasteiger partial charge >= 0.3 is 0 Å². The summed E-state index contributed by atoms with van der Waals surface area (Å²) in [5.74, 6) is -2.44.